The monoisotopic (exact) mass is 341 g/mol. The van der Waals surface area contributed by atoms with Crippen molar-refractivity contribution in [1.82, 2.24) is 4.90 Å². The smallest absolute Gasteiger partial charge is 0.165 e. The quantitative estimate of drug-likeness (QED) is 0.787. The molecule has 0 N–H and O–H groups in total. The van der Waals surface area contributed by atoms with Crippen LogP contribution in [0, 0.1) is 0 Å². The molecule has 22 heavy (non-hydrogen) atoms. The fourth-order valence-corrected chi connectivity index (χ4v) is 2.95. The van der Waals surface area contributed by atoms with Crippen molar-refractivity contribution in [1.29, 1.82) is 0 Å². The van der Waals surface area contributed by atoms with Crippen molar-refractivity contribution in [3.05, 3.63) is 52.4 Å². The van der Waals surface area contributed by atoms with Gasteiger partial charge in [0.2, 0.25) is 0 Å². The summed E-state index contributed by atoms with van der Waals surface area (Å²) in [5, 5.41) is 0.414. The lowest BCUT2D eigenvalue weighted by Crippen LogP contribution is -2.32. The molecule has 1 aliphatic rings. The van der Waals surface area contributed by atoms with E-state index in [1.54, 1.807) is 24.5 Å². The standard InChI is InChI=1S/C16H16ClNO3.ClH/c1-10(19)16-12(17)4-3-5-13(16)21-15-9-18(2)8-14-11(15)6-7-20-14;/h3-7,15H,8-9H2,1-2H3;1H. The number of likely N-dealkylation sites (N-methyl/N-ethyl adjacent to an activating group) is 1. The van der Waals surface area contributed by atoms with Crippen LogP contribution in [0.4, 0.5) is 0 Å². The highest BCUT2D eigenvalue weighted by Crippen LogP contribution is 2.34. The van der Waals surface area contributed by atoms with Crippen molar-refractivity contribution in [2.75, 3.05) is 13.6 Å². The zero-order chi connectivity index (χ0) is 15.0. The third-order valence-electron chi connectivity index (χ3n) is 3.61. The highest BCUT2D eigenvalue weighted by atomic mass is 35.5. The Morgan fingerprint density at radius 3 is 2.91 bits per heavy atom. The lowest BCUT2D eigenvalue weighted by molar-refractivity contribution is 0.0989. The molecule has 2 aromatic rings. The average Bonchev–Trinajstić information content (AvgIpc) is 2.86. The molecule has 6 heteroatoms. The van der Waals surface area contributed by atoms with Crippen molar-refractivity contribution in [2.24, 2.45) is 0 Å². The van der Waals surface area contributed by atoms with E-state index in [0.29, 0.717) is 16.3 Å². The van der Waals surface area contributed by atoms with Gasteiger partial charge in [-0.2, -0.15) is 0 Å². The zero-order valence-electron chi connectivity index (χ0n) is 12.3. The zero-order valence-corrected chi connectivity index (χ0v) is 13.9. The fraction of sp³-hybridized carbons (Fsp3) is 0.312. The SMILES string of the molecule is CC(=O)c1c(Cl)cccc1OC1CN(C)Cc2occc21.Cl. The van der Waals surface area contributed by atoms with Crippen LogP contribution in [0.3, 0.4) is 0 Å². The summed E-state index contributed by atoms with van der Waals surface area (Å²) in [4.78, 5) is 13.9. The maximum atomic E-state index is 11.8. The molecule has 1 aliphatic heterocycles. The van der Waals surface area contributed by atoms with Crippen LogP contribution >= 0.6 is 24.0 Å². The lowest BCUT2D eigenvalue weighted by atomic mass is 10.0. The third kappa shape index (κ3) is 3.14. The summed E-state index contributed by atoms with van der Waals surface area (Å²) in [5.74, 6) is 1.31. The molecule has 1 aromatic heterocycles. The van der Waals surface area contributed by atoms with E-state index >= 15 is 0 Å². The summed E-state index contributed by atoms with van der Waals surface area (Å²) < 4.78 is 11.6. The van der Waals surface area contributed by atoms with E-state index in [2.05, 4.69) is 4.90 Å². The Morgan fingerprint density at radius 1 is 1.41 bits per heavy atom. The molecule has 0 aliphatic carbocycles. The van der Waals surface area contributed by atoms with Crippen molar-refractivity contribution >= 4 is 29.8 Å². The van der Waals surface area contributed by atoms with Crippen LogP contribution in [0.25, 0.3) is 0 Å². The Balaban J connectivity index is 0.00000176. The summed E-state index contributed by atoms with van der Waals surface area (Å²) in [5.41, 5.74) is 1.46. The molecule has 118 valence electrons. The molecule has 1 aromatic carbocycles. The molecular weight excluding hydrogens is 325 g/mol. The molecule has 0 amide bonds. The lowest BCUT2D eigenvalue weighted by Gasteiger charge is -2.30. The number of ketones is 1. The first-order valence-electron chi connectivity index (χ1n) is 6.77. The Bertz CT molecular complexity index is 684. The van der Waals surface area contributed by atoms with Crippen LogP contribution in [0.15, 0.2) is 34.9 Å². The Kier molecular flexibility index (Phi) is 5.16. The van der Waals surface area contributed by atoms with Crippen molar-refractivity contribution < 1.29 is 13.9 Å². The Labute approximate surface area is 140 Å². The average molecular weight is 342 g/mol. The maximum Gasteiger partial charge on any atom is 0.165 e. The Hall–Kier alpha value is -1.49. The summed E-state index contributed by atoms with van der Waals surface area (Å²) in [6.07, 6.45) is 1.50. The van der Waals surface area contributed by atoms with E-state index in [0.717, 1.165) is 24.4 Å². The van der Waals surface area contributed by atoms with Gasteiger partial charge in [0.1, 0.15) is 17.6 Å². The van der Waals surface area contributed by atoms with Gasteiger partial charge < -0.3 is 9.15 Å². The number of fused-ring (bicyclic) bond motifs is 1. The van der Waals surface area contributed by atoms with Gasteiger partial charge in [0.25, 0.3) is 0 Å². The molecule has 0 saturated heterocycles. The molecule has 0 fully saturated rings. The highest BCUT2D eigenvalue weighted by molar-refractivity contribution is 6.34. The fourth-order valence-electron chi connectivity index (χ4n) is 2.66. The first-order valence-corrected chi connectivity index (χ1v) is 7.15. The topological polar surface area (TPSA) is 42.7 Å². The van der Waals surface area contributed by atoms with E-state index in [-0.39, 0.29) is 24.3 Å². The number of benzene rings is 1. The number of hydrogen-bond acceptors (Lipinski definition) is 4. The van der Waals surface area contributed by atoms with Crippen molar-refractivity contribution in [2.45, 2.75) is 19.6 Å². The van der Waals surface area contributed by atoms with Gasteiger partial charge in [-0.3, -0.25) is 9.69 Å². The van der Waals surface area contributed by atoms with Gasteiger partial charge in [-0.05, 0) is 32.2 Å². The van der Waals surface area contributed by atoms with Gasteiger partial charge in [-0.15, -0.1) is 12.4 Å². The number of furan rings is 1. The highest BCUT2D eigenvalue weighted by Gasteiger charge is 2.28. The van der Waals surface area contributed by atoms with E-state index < -0.39 is 0 Å². The third-order valence-corrected chi connectivity index (χ3v) is 3.93. The number of carbonyl (C=O) groups excluding carboxylic acids is 1. The summed E-state index contributed by atoms with van der Waals surface area (Å²) in [6, 6.07) is 7.18. The number of halogens is 2. The first kappa shape index (κ1) is 16.9. The van der Waals surface area contributed by atoms with Gasteiger partial charge in [0.05, 0.1) is 23.4 Å². The molecule has 0 saturated carbocycles. The van der Waals surface area contributed by atoms with E-state index in [1.165, 1.54) is 6.92 Å². The van der Waals surface area contributed by atoms with E-state index in [4.69, 9.17) is 20.8 Å². The minimum absolute atomic E-state index is 0. The van der Waals surface area contributed by atoms with Crippen LogP contribution in [0.2, 0.25) is 5.02 Å². The predicted octanol–water partition coefficient (Wildman–Crippen LogP) is 4.12. The number of Topliss-reactive ketones (excluding diaryl/α,β-unsaturated/α-hetero) is 1. The second kappa shape index (κ2) is 6.73. The molecule has 1 unspecified atom stereocenters. The molecule has 0 radical (unpaired) electrons. The summed E-state index contributed by atoms with van der Waals surface area (Å²) in [7, 11) is 2.01. The summed E-state index contributed by atoms with van der Waals surface area (Å²) >= 11 is 6.12. The number of ether oxygens (including phenoxy) is 1. The molecular formula is C16H17Cl2NO3. The van der Waals surface area contributed by atoms with E-state index in [9.17, 15) is 4.79 Å². The molecule has 0 bridgehead atoms. The van der Waals surface area contributed by atoms with Crippen LogP contribution < -0.4 is 4.74 Å². The second-order valence-corrected chi connectivity index (χ2v) is 5.68. The number of hydrogen-bond donors (Lipinski definition) is 0. The predicted molar refractivity (Wildman–Crippen MR) is 87.1 cm³/mol. The Morgan fingerprint density at radius 2 is 2.18 bits per heavy atom. The number of nitrogens with zero attached hydrogens (tertiary/aromatic N) is 1. The van der Waals surface area contributed by atoms with Gasteiger partial charge in [0, 0.05) is 12.1 Å². The minimum atomic E-state index is -0.172. The van der Waals surface area contributed by atoms with Crippen LogP contribution in [0.1, 0.15) is 34.7 Å². The van der Waals surface area contributed by atoms with Crippen LogP contribution in [-0.4, -0.2) is 24.3 Å². The first-order chi connectivity index (χ1) is 10.1. The van der Waals surface area contributed by atoms with Crippen LogP contribution in [-0.2, 0) is 6.54 Å². The number of carbonyl (C=O) groups is 1. The van der Waals surface area contributed by atoms with E-state index in [1.807, 2.05) is 13.1 Å². The molecule has 1 atom stereocenters. The van der Waals surface area contributed by atoms with Gasteiger partial charge in [-0.25, -0.2) is 0 Å². The van der Waals surface area contributed by atoms with Gasteiger partial charge in [0.15, 0.2) is 5.78 Å². The second-order valence-electron chi connectivity index (χ2n) is 5.27. The number of rotatable bonds is 3. The molecule has 0 spiro atoms. The van der Waals surface area contributed by atoms with Gasteiger partial charge in [-0.1, -0.05) is 17.7 Å². The largest absolute Gasteiger partial charge is 0.483 e. The maximum absolute atomic E-state index is 11.8. The van der Waals surface area contributed by atoms with Gasteiger partial charge >= 0.3 is 0 Å². The molecule has 3 rings (SSSR count). The normalized spacial score (nSPS) is 17.5. The molecule has 2 heterocycles. The minimum Gasteiger partial charge on any atom is -0.483 e. The summed E-state index contributed by atoms with van der Waals surface area (Å²) in [6.45, 7) is 2.98. The molecule has 4 nitrogen and oxygen atoms in total. The van der Waals surface area contributed by atoms with Crippen molar-refractivity contribution in [3.63, 3.8) is 0 Å². The van der Waals surface area contributed by atoms with Crippen molar-refractivity contribution in [3.8, 4) is 5.75 Å². The van der Waals surface area contributed by atoms with Crippen LogP contribution in [0.5, 0.6) is 5.75 Å².